The zero-order chi connectivity index (χ0) is 17.8. The Morgan fingerprint density at radius 1 is 1.28 bits per heavy atom. The number of aromatic nitrogens is 1. The first kappa shape index (κ1) is 16.8. The molecule has 0 bridgehead atoms. The van der Waals surface area contributed by atoms with Crippen LogP contribution in [0.1, 0.15) is 12.0 Å². The van der Waals surface area contributed by atoms with Crippen LogP contribution in [0, 0.1) is 5.92 Å². The van der Waals surface area contributed by atoms with Gasteiger partial charge in [0.1, 0.15) is 11.4 Å². The molecule has 0 aliphatic carbocycles. The highest BCUT2D eigenvalue weighted by Crippen LogP contribution is 2.22. The maximum atomic E-state index is 12.3. The molecule has 0 saturated carbocycles. The number of methoxy groups -OCH3 is 1. The third-order valence-electron chi connectivity index (χ3n) is 4.20. The number of anilines is 1. The van der Waals surface area contributed by atoms with Gasteiger partial charge in [0, 0.05) is 38.0 Å². The lowest BCUT2D eigenvalue weighted by atomic mass is 10.1. The van der Waals surface area contributed by atoms with Crippen molar-refractivity contribution >= 4 is 17.5 Å². The number of carbonyl (C=O) groups excluding carboxylic acids is 2. The van der Waals surface area contributed by atoms with Gasteiger partial charge in [-0.1, -0.05) is 12.1 Å². The van der Waals surface area contributed by atoms with Crippen LogP contribution in [0.2, 0.25) is 0 Å². The number of carbonyl (C=O) groups is 2. The number of H-pyrrole nitrogens is 1. The van der Waals surface area contributed by atoms with Gasteiger partial charge in [-0.3, -0.25) is 14.4 Å². The van der Waals surface area contributed by atoms with Crippen molar-refractivity contribution in [3.05, 3.63) is 58.5 Å². The summed E-state index contributed by atoms with van der Waals surface area (Å²) in [5, 5.41) is 2.59. The van der Waals surface area contributed by atoms with E-state index in [1.54, 1.807) is 12.0 Å². The molecule has 1 fully saturated rings. The Morgan fingerprint density at radius 3 is 2.72 bits per heavy atom. The van der Waals surface area contributed by atoms with Crippen LogP contribution in [0.5, 0.6) is 5.75 Å². The molecule has 1 aromatic carbocycles. The van der Waals surface area contributed by atoms with E-state index in [0.717, 1.165) is 11.3 Å². The van der Waals surface area contributed by atoms with E-state index >= 15 is 0 Å². The lowest BCUT2D eigenvalue weighted by Crippen LogP contribution is -2.29. The largest absolute Gasteiger partial charge is 0.497 e. The summed E-state index contributed by atoms with van der Waals surface area (Å²) in [5.74, 6) is -0.104. The number of nitrogens with one attached hydrogen (secondary N) is 2. The molecule has 1 aliphatic heterocycles. The van der Waals surface area contributed by atoms with Crippen LogP contribution >= 0.6 is 0 Å². The second-order valence-electron chi connectivity index (χ2n) is 5.93. The number of hydrogen-bond donors (Lipinski definition) is 2. The van der Waals surface area contributed by atoms with E-state index in [9.17, 15) is 14.4 Å². The zero-order valence-electron chi connectivity index (χ0n) is 13.8. The van der Waals surface area contributed by atoms with E-state index in [-0.39, 0.29) is 29.4 Å². The van der Waals surface area contributed by atoms with E-state index in [4.69, 9.17) is 4.74 Å². The van der Waals surface area contributed by atoms with Crippen molar-refractivity contribution in [1.29, 1.82) is 0 Å². The molecule has 1 aliphatic rings. The summed E-state index contributed by atoms with van der Waals surface area (Å²) in [4.78, 5) is 40.6. The van der Waals surface area contributed by atoms with Crippen molar-refractivity contribution < 1.29 is 14.3 Å². The first-order valence-electron chi connectivity index (χ1n) is 7.95. The van der Waals surface area contributed by atoms with Crippen LogP contribution in [-0.4, -0.2) is 35.4 Å². The molecule has 2 N–H and O–H groups in total. The molecule has 7 heteroatoms. The molecule has 1 aromatic heterocycles. The number of aromatic amines is 1. The minimum absolute atomic E-state index is 0.0714. The highest BCUT2D eigenvalue weighted by molar-refractivity contribution is 5.97. The van der Waals surface area contributed by atoms with Gasteiger partial charge in [-0.25, -0.2) is 0 Å². The first-order chi connectivity index (χ1) is 12.1. The first-order valence-corrected chi connectivity index (χ1v) is 7.95. The van der Waals surface area contributed by atoms with Gasteiger partial charge in [0.05, 0.1) is 13.0 Å². The van der Waals surface area contributed by atoms with Crippen LogP contribution in [0.15, 0.2) is 47.5 Å². The van der Waals surface area contributed by atoms with Crippen molar-refractivity contribution in [2.75, 3.05) is 19.0 Å². The predicted molar refractivity (Wildman–Crippen MR) is 92.2 cm³/mol. The summed E-state index contributed by atoms with van der Waals surface area (Å²) in [6.45, 7) is 0.778. The summed E-state index contributed by atoms with van der Waals surface area (Å²) >= 11 is 0. The molecule has 1 atom stereocenters. The van der Waals surface area contributed by atoms with Crippen molar-refractivity contribution in [2.45, 2.75) is 13.0 Å². The molecule has 2 heterocycles. The van der Waals surface area contributed by atoms with Crippen LogP contribution in [-0.2, 0) is 16.1 Å². The van der Waals surface area contributed by atoms with Gasteiger partial charge in [-0.2, -0.15) is 0 Å². The monoisotopic (exact) mass is 341 g/mol. The summed E-state index contributed by atoms with van der Waals surface area (Å²) in [6, 6.07) is 8.79. The summed E-state index contributed by atoms with van der Waals surface area (Å²) < 4.78 is 5.11. The summed E-state index contributed by atoms with van der Waals surface area (Å²) in [6.07, 6.45) is 3.08. The van der Waals surface area contributed by atoms with Crippen LogP contribution < -0.4 is 15.5 Å². The lowest BCUT2D eigenvalue weighted by Gasteiger charge is -2.17. The third-order valence-corrected chi connectivity index (χ3v) is 4.20. The number of amides is 2. The van der Waals surface area contributed by atoms with E-state index in [1.165, 1.54) is 18.5 Å². The number of likely N-dealkylation sites (tertiary alicyclic amines) is 1. The van der Waals surface area contributed by atoms with E-state index in [2.05, 4.69) is 10.3 Å². The predicted octanol–water partition coefficient (Wildman–Crippen LogP) is 1.37. The maximum absolute atomic E-state index is 12.3. The molecule has 130 valence electrons. The second-order valence-corrected chi connectivity index (χ2v) is 5.93. The second kappa shape index (κ2) is 7.21. The Bertz CT molecular complexity index is 829. The van der Waals surface area contributed by atoms with Crippen molar-refractivity contribution in [3.8, 4) is 5.75 Å². The molecular weight excluding hydrogens is 322 g/mol. The van der Waals surface area contributed by atoms with Gasteiger partial charge < -0.3 is 19.9 Å². The van der Waals surface area contributed by atoms with Gasteiger partial charge in [-0.15, -0.1) is 0 Å². The lowest BCUT2D eigenvalue weighted by molar-refractivity contribution is -0.128. The van der Waals surface area contributed by atoms with Gasteiger partial charge >= 0.3 is 0 Å². The van der Waals surface area contributed by atoms with Crippen LogP contribution in [0.25, 0.3) is 0 Å². The fourth-order valence-electron chi connectivity index (χ4n) is 2.80. The Morgan fingerprint density at radius 2 is 2.04 bits per heavy atom. The van der Waals surface area contributed by atoms with E-state index in [1.807, 2.05) is 24.3 Å². The number of hydrogen-bond acceptors (Lipinski definition) is 4. The quantitative estimate of drug-likeness (QED) is 0.859. The van der Waals surface area contributed by atoms with Gasteiger partial charge in [0.2, 0.25) is 17.2 Å². The van der Waals surface area contributed by atoms with Gasteiger partial charge in [-0.05, 0) is 17.7 Å². The van der Waals surface area contributed by atoms with Crippen LogP contribution in [0.4, 0.5) is 5.69 Å². The topological polar surface area (TPSA) is 91.5 Å². The van der Waals surface area contributed by atoms with Crippen molar-refractivity contribution in [1.82, 2.24) is 9.88 Å². The molecule has 7 nitrogen and oxygen atoms in total. The average molecular weight is 341 g/mol. The molecule has 0 radical (unpaired) electrons. The molecule has 1 saturated heterocycles. The molecule has 0 unspecified atom stereocenters. The number of ether oxygens (including phenoxy) is 1. The fourth-order valence-corrected chi connectivity index (χ4v) is 2.80. The molecule has 2 aromatic rings. The van der Waals surface area contributed by atoms with Crippen LogP contribution in [0.3, 0.4) is 0 Å². The summed E-state index contributed by atoms with van der Waals surface area (Å²) in [7, 11) is 1.60. The van der Waals surface area contributed by atoms with Gasteiger partial charge in [0.25, 0.3) is 0 Å². The Labute approximate surface area is 144 Å². The number of rotatable bonds is 5. The van der Waals surface area contributed by atoms with Gasteiger partial charge in [0.15, 0.2) is 0 Å². The van der Waals surface area contributed by atoms with E-state index < -0.39 is 5.92 Å². The average Bonchev–Trinajstić information content (AvgIpc) is 2.98. The zero-order valence-corrected chi connectivity index (χ0v) is 13.8. The smallest absolute Gasteiger partial charge is 0.229 e. The Balaban J connectivity index is 1.62. The summed E-state index contributed by atoms with van der Waals surface area (Å²) in [5.41, 5.74) is 0.884. The highest BCUT2D eigenvalue weighted by atomic mass is 16.5. The maximum Gasteiger partial charge on any atom is 0.229 e. The molecule has 25 heavy (non-hydrogen) atoms. The fraction of sp³-hybridized carbons (Fsp3) is 0.278. The van der Waals surface area contributed by atoms with Crippen molar-refractivity contribution in [2.24, 2.45) is 5.92 Å². The number of nitrogens with zero attached hydrogens (tertiary/aromatic N) is 1. The molecule has 2 amide bonds. The molecule has 3 rings (SSSR count). The minimum atomic E-state index is -0.467. The van der Waals surface area contributed by atoms with Crippen molar-refractivity contribution in [3.63, 3.8) is 0 Å². The molecule has 0 spiro atoms. The number of pyridine rings is 1. The normalized spacial score (nSPS) is 16.8. The Hall–Kier alpha value is -3.09. The standard InChI is InChI=1S/C18H19N3O4/c1-25-14-4-2-12(3-5-14)10-21-11-13(8-17(21)23)18(24)20-15-9-19-7-6-16(15)22/h2-7,9,13H,8,10-11H2,1H3,(H,19,22)(H,20,24)/t13-/m1/s1. The highest BCUT2D eigenvalue weighted by Gasteiger charge is 2.34. The Kier molecular flexibility index (Phi) is 4.83. The SMILES string of the molecule is COc1ccc(CN2C[C@H](C(=O)Nc3c[nH]ccc3=O)CC2=O)cc1. The molecular formula is C18H19N3O4. The number of benzene rings is 1. The van der Waals surface area contributed by atoms with E-state index in [0.29, 0.717) is 13.1 Å². The third kappa shape index (κ3) is 3.88. The minimum Gasteiger partial charge on any atom is -0.497 e.